The van der Waals surface area contributed by atoms with E-state index in [-0.39, 0.29) is 25.6 Å². The van der Waals surface area contributed by atoms with Crippen LogP contribution in [0.25, 0.3) is 6.08 Å². The van der Waals surface area contributed by atoms with E-state index in [1.165, 1.54) is 6.07 Å². The summed E-state index contributed by atoms with van der Waals surface area (Å²) in [6, 6.07) is 11.9. The number of benzene rings is 2. The highest BCUT2D eigenvalue weighted by Crippen LogP contribution is 2.48. The highest BCUT2D eigenvalue weighted by Gasteiger charge is 2.38. The van der Waals surface area contributed by atoms with Gasteiger partial charge in [0.15, 0.2) is 5.90 Å². The van der Waals surface area contributed by atoms with E-state index in [4.69, 9.17) is 23.0 Å². The molecule has 42 heavy (non-hydrogen) atoms. The van der Waals surface area contributed by atoms with Crippen LogP contribution < -0.4 is 4.74 Å². The zero-order valence-corrected chi connectivity index (χ0v) is 27.7. The minimum atomic E-state index is -4.58. The van der Waals surface area contributed by atoms with Crippen LogP contribution in [0.5, 0.6) is 5.75 Å². The predicted octanol–water partition coefficient (Wildman–Crippen LogP) is 9.55. The van der Waals surface area contributed by atoms with Crippen LogP contribution >= 0.6 is 24.5 Å². The summed E-state index contributed by atoms with van der Waals surface area (Å²) in [5.74, 6) is 0.264. The first-order valence-corrected chi connectivity index (χ1v) is 15.6. The van der Waals surface area contributed by atoms with Gasteiger partial charge in [-0.25, -0.2) is 4.99 Å². The van der Waals surface area contributed by atoms with Crippen molar-refractivity contribution in [3.05, 3.63) is 69.7 Å². The Morgan fingerprint density at radius 2 is 1.64 bits per heavy atom. The number of halogens is 4. The summed E-state index contributed by atoms with van der Waals surface area (Å²) in [7, 11) is -1.74. The summed E-state index contributed by atoms with van der Waals surface area (Å²) in [4.78, 5) is 4.60. The Balaban J connectivity index is 1.73. The molecule has 0 aromatic heterocycles. The van der Waals surface area contributed by atoms with E-state index < -0.39 is 37.1 Å². The topological polar surface area (TPSA) is 58.5 Å². The van der Waals surface area contributed by atoms with Crippen molar-refractivity contribution in [1.82, 2.24) is 0 Å². The first kappa shape index (κ1) is 34.5. The summed E-state index contributed by atoms with van der Waals surface area (Å²) in [5.41, 5.74) is -1.37. The molecule has 0 radical (unpaired) electrons. The molecule has 6 nitrogen and oxygen atoms in total. The van der Waals surface area contributed by atoms with Crippen molar-refractivity contribution in [2.24, 2.45) is 4.99 Å². The van der Waals surface area contributed by atoms with E-state index in [2.05, 4.69) is 20.9 Å². The fourth-order valence-corrected chi connectivity index (χ4v) is 5.49. The Morgan fingerprint density at radius 3 is 2.19 bits per heavy atom. The minimum absolute atomic E-state index is 0.0599. The van der Waals surface area contributed by atoms with E-state index in [1.807, 2.05) is 65.8 Å². The molecule has 0 amide bonds. The molecule has 0 N–H and O–H groups in total. The standard InChI is InChI=1S/C31H40BrF3NO5P/c1-22-36-30(20-38-22,21-39-42(40-28(2,3)4)41-29(5,6)7)17-16-24-12-15-27(26(19-24)31(33,34)35)37-18-8-9-23-10-13-25(32)14-11-23/h10-17,19H,8-9,18,20-21H2,1-7H3/b17-16+. The van der Waals surface area contributed by atoms with Crippen molar-refractivity contribution in [2.75, 3.05) is 19.8 Å². The van der Waals surface area contributed by atoms with Crippen LogP contribution in [-0.4, -0.2) is 42.5 Å². The maximum atomic E-state index is 14.0. The molecule has 1 atom stereocenters. The van der Waals surface area contributed by atoms with Crippen LogP contribution in [0.2, 0.25) is 0 Å². The second-order valence-electron chi connectivity index (χ2n) is 12.1. The number of aliphatic imine (C=N–C) groups is 1. The Bertz CT molecular complexity index is 1220. The van der Waals surface area contributed by atoms with Crippen LogP contribution in [0.1, 0.15) is 71.6 Å². The summed E-state index contributed by atoms with van der Waals surface area (Å²) < 4.78 is 72.3. The van der Waals surface area contributed by atoms with Gasteiger partial charge in [0.05, 0.1) is 30.0 Å². The molecule has 0 saturated carbocycles. The number of aryl methyl sites for hydroxylation is 1. The lowest BCUT2D eigenvalue weighted by molar-refractivity contribution is -0.139. The number of rotatable bonds is 12. The molecule has 0 bridgehead atoms. The smallest absolute Gasteiger partial charge is 0.419 e. The Labute approximate surface area is 256 Å². The lowest BCUT2D eigenvalue weighted by atomic mass is 10.0. The van der Waals surface area contributed by atoms with Crippen molar-refractivity contribution in [3.63, 3.8) is 0 Å². The fraction of sp³-hybridized carbons (Fsp3) is 0.516. The zero-order chi connectivity index (χ0) is 31.2. The van der Waals surface area contributed by atoms with Crippen molar-refractivity contribution >= 4 is 36.5 Å². The van der Waals surface area contributed by atoms with Gasteiger partial charge in [-0.1, -0.05) is 46.3 Å². The lowest BCUT2D eigenvalue weighted by Gasteiger charge is -2.32. The molecule has 0 spiro atoms. The summed E-state index contributed by atoms with van der Waals surface area (Å²) >= 11 is 3.39. The third kappa shape index (κ3) is 11.6. The Kier molecular flexibility index (Phi) is 11.7. The van der Waals surface area contributed by atoms with Gasteiger partial charge in [-0.3, -0.25) is 0 Å². The van der Waals surface area contributed by atoms with Gasteiger partial charge in [0, 0.05) is 11.4 Å². The number of hydrogen-bond donors (Lipinski definition) is 0. The molecule has 0 aliphatic carbocycles. The quantitative estimate of drug-likeness (QED) is 0.166. The molecule has 1 heterocycles. The molecule has 0 fully saturated rings. The number of hydrogen-bond acceptors (Lipinski definition) is 6. The van der Waals surface area contributed by atoms with E-state index >= 15 is 0 Å². The summed E-state index contributed by atoms with van der Waals surface area (Å²) in [6.07, 6.45) is 0.00581. The summed E-state index contributed by atoms with van der Waals surface area (Å²) in [6.45, 7) is 13.6. The molecule has 232 valence electrons. The van der Waals surface area contributed by atoms with Gasteiger partial charge >= 0.3 is 14.8 Å². The van der Waals surface area contributed by atoms with Crippen molar-refractivity contribution < 1.29 is 36.2 Å². The Hall–Kier alpha value is -1.97. The fourth-order valence-electron chi connectivity index (χ4n) is 3.86. The third-order valence-electron chi connectivity index (χ3n) is 5.70. The first-order chi connectivity index (χ1) is 19.4. The van der Waals surface area contributed by atoms with Crippen LogP contribution in [0, 0.1) is 0 Å². The highest BCUT2D eigenvalue weighted by atomic mass is 79.9. The number of ether oxygens (including phenoxy) is 2. The van der Waals surface area contributed by atoms with Gasteiger partial charge < -0.3 is 23.0 Å². The van der Waals surface area contributed by atoms with E-state index in [0.717, 1.165) is 16.1 Å². The molecule has 1 aliphatic rings. The van der Waals surface area contributed by atoms with Crippen LogP contribution in [-0.2, 0) is 30.9 Å². The summed E-state index contributed by atoms with van der Waals surface area (Å²) in [5, 5.41) is 0. The molecule has 11 heteroatoms. The molecule has 1 aliphatic heterocycles. The van der Waals surface area contributed by atoms with Crippen LogP contribution in [0.15, 0.2) is 58.0 Å². The molecular formula is C31H40BrF3NO5P. The molecular weight excluding hydrogens is 634 g/mol. The normalized spacial score (nSPS) is 18.0. The van der Waals surface area contributed by atoms with E-state index in [9.17, 15) is 13.2 Å². The molecule has 1 unspecified atom stereocenters. The van der Waals surface area contributed by atoms with E-state index in [1.54, 1.807) is 25.1 Å². The molecule has 0 saturated heterocycles. The van der Waals surface area contributed by atoms with Crippen molar-refractivity contribution in [1.29, 1.82) is 0 Å². The van der Waals surface area contributed by atoms with Crippen LogP contribution in [0.4, 0.5) is 13.2 Å². The number of alkyl halides is 3. The van der Waals surface area contributed by atoms with Gasteiger partial charge in [-0.2, -0.15) is 13.2 Å². The zero-order valence-electron chi connectivity index (χ0n) is 25.2. The van der Waals surface area contributed by atoms with Gasteiger partial charge in [-0.15, -0.1) is 0 Å². The second-order valence-corrected chi connectivity index (χ2v) is 14.1. The monoisotopic (exact) mass is 673 g/mol. The van der Waals surface area contributed by atoms with Gasteiger partial charge in [-0.05, 0) is 89.8 Å². The SMILES string of the molecule is CC1=NC(/C=C/c2ccc(OCCCc3ccc(Br)cc3)c(C(F)(F)F)c2)(COP(OC(C)(C)C)OC(C)(C)C)CO1. The number of nitrogens with zero attached hydrogens (tertiary/aromatic N) is 1. The van der Waals surface area contributed by atoms with Crippen molar-refractivity contribution in [3.8, 4) is 5.75 Å². The molecule has 3 rings (SSSR count). The van der Waals surface area contributed by atoms with Gasteiger partial charge in [0.2, 0.25) is 0 Å². The third-order valence-corrected chi connectivity index (χ3v) is 7.97. The molecule has 2 aromatic rings. The minimum Gasteiger partial charge on any atom is -0.493 e. The van der Waals surface area contributed by atoms with Gasteiger partial charge in [0.1, 0.15) is 17.9 Å². The maximum Gasteiger partial charge on any atom is 0.419 e. The first-order valence-electron chi connectivity index (χ1n) is 13.7. The average Bonchev–Trinajstić information content (AvgIpc) is 3.24. The van der Waals surface area contributed by atoms with Crippen LogP contribution in [0.3, 0.4) is 0 Å². The predicted molar refractivity (Wildman–Crippen MR) is 165 cm³/mol. The highest BCUT2D eigenvalue weighted by molar-refractivity contribution is 9.10. The lowest BCUT2D eigenvalue weighted by Crippen LogP contribution is -2.32. The van der Waals surface area contributed by atoms with E-state index in [0.29, 0.717) is 24.3 Å². The molecule has 2 aromatic carbocycles. The average molecular weight is 675 g/mol. The van der Waals surface area contributed by atoms with Crippen molar-refractivity contribution in [2.45, 2.75) is 84.2 Å². The largest absolute Gasteiger partial charge is 0.493 e. The van der Waals surface area contributed by atoms with Gasteiger partial charge in [0.25, 0.3) is 0 Å². The maximum absolute atomic E-state index is 14.0. The second kappa shape index (κ2) is 14.2. The Morgan fingerprint density at radius 1 is 1.00 bits per heavy atom.